The average molecular weight is 441 g/mol. The van der Waals surface area contributed by atoms with Crippen LogP contribution in [0.5, 0.6) is 0 Å². The lowest BCUT2D eigenvalue weighted by Crippen LogP contribution is -2.11. The number of benzene rings is 1. The normalized spacial score (nSPS) is 13.0. The highest BCUT2D eigenvalue weighted by molar-refractivity contribution is 9.12. The Morgan fingerprint density at radius 3 is 2.04 bits per heavy atom. The first-order valence-corrected chi connectivity index (χ1v) is 7.40. The minimum Gasteiger partial charge on any atom is -0.477 e. The van der Waals surface area contributed by atoms with Gasteiger partial charge in [0.2, 0.25) is 0 Å². The molecule has 1 aromatic heterocycles. The molecule has 0 bridgehead atoms. The number of nitrogens with zero attached hydrogens (tertiary/aromatic N) is 2. The van der Waals surface area contributed by atoms with E-state index in [-0.39, 0.29) is 16.2 Å². The molecular formula is C15H7BrF6N2O2. The van der Waals surface area contributed by atoms with Crippen molar-refractivity contribution in [1.29, 1.82) is 0 Å². The SMILES string of the molecule is O=C(O)/C(Br)=C/c1ccnc(-c2cc(C(F)(F)F)cc(C(F)(F)F)c2)n1. The van der Waals surface area contributed by atoms with Crippen LogP contribution in [-0.2, 0) is 17.1 Å². The number of halogens is 7. The molecule has 0 aliphatic heterocycles. The molecule has 0 amide bonds. The molecule has 11 heteroatoms. The number of alkyl halides is 6. The Kier molecular flexibility index (Phi) is 5.40. The van der Waals surface area contributed by atoms with Gasteiger partial charge in [-0.3, -0.25) is 0 Å². The Morgan fingerprint density at radius 2 is 1.58 bits per heavy atom. The fraction of sp³-hybridized carbons (Fsp3) is 0.133. The van der Waals surface area contributed by atoms with Gasteiger partial charge in [-0.1, -0.05) is 0 Å². The van der Waals surface area contributed by atoms with Crippen molar-refractivity contribution in [3.05, 3.63) is 51.8 Å². The van der Waals surface area contributed by atoms with Crippen LogP contribution in [-0.4, -0.2) is 21.0 Å². The summed E-state index contributed by atoms with van der Waals surface area (Å²) >= 11 is 2.74. The van der Waals surface area contributed by atoms with Crippen molar-refractivity contribution in [2.45, 2.75) is 12.4 Å². The van der Waals surface area contributed by atoms with Crippen molar-refractivity contribution in [3.63, 3.8) is 0 Å². The van der Waals surface area contributed by atoms with Crippen molar-refractivity contribution in [1.82, 2.24) is 9.97 Å². The molecule has 0 atom stereocenters. The predicted octanol–water partition coefficient (Wildman–Crippen LogP) is 5.00. The summed E-state index contributed by atoms with van der Waals surface area (Å²) in [6.45, 7) is 0. The van der Waals surface area contributed by atoms with Crippen LogP contribution in [0.1, 0.15) is 16.8 Å². The van der Waals surface area contributed by atoms with Gasteiger partial charge in [0.1, 0.15) is 4.48 Å². The second-order valence-corrected chi connectivity index (χ2v) is 5.75. The van der Waals surface area contributed by atoms with Gasteiger partial charge in [-0.2, -0.15) is 26.3 Å². The van der Waals surface area contributed by atoms with Gasteiger partial charge in [0, 0.05) is 11.8 Å². The molecule has 0 radical (unpaired) electrons. The molecule has 1 aromatic carbocycles. The van der Waals surface area contributed by atoms with Crippen LogP contribution in [0.15, 0.2) is 34.9 Å². The third-order valence-corrected chi connectivity index (χ3v) is 3.57. The molecule has 2 rings (SSSR count). The maximum absolute atomic E-state index is 12.9. The van der Waals surface area contributed by atoms with E-state index in [1.54, 1.807) is 0 Å². The number of rotatable bonds is 3. The summed E-state index contributed by atoms with van der Waals surface area (Å²) in [5.74, 6) is -1.75. The average Bonchev–Trinajstić information content (AvgIpc) is 2.53. The number of aliphatic carboxylic acids is 1. The summed E-state index contributed by atoms with van der Waals surface area (Å²) in [7, 11) is 0. The third kappa shape index (κ3) is 4.81. The first-order valence-electron chi connectivity index (χ1n) is 6.61. The summed E-state index contributed by atoms with van der Waals surface area (Å²) in [5.41, 5.74) is -3.53. The molecule has 1 N–H and O–H groups in total. The standard InChI is InChI=1S/C15H7BrF6N2O2/c16-11(13(25)26)6-10-1-2-23-12(24-10)7-3-8(14(17,18)19)5-9(4-7)15(20,21)22/h1-6H,(H,25,26)/b11-6-. The van der Waals surface area contributed by atoms with Gasteiger partial charge in [-0.15, -0.1) is 0 Å². The van der Waals surface area contributed by atoms with Gasteiger partial charge in [-0.05, 0) is 46.3 Å². The van der Waals surface area contributed by atoms with E-state index in [1.165, 1.54) is 6.07 Å². The highest BCUT2D eigenvalue weighted by Gasteiger charge is 2.37. The highest BCUT2D eigenvalue weighted by atomic mass is 79.9. The fourth-order valence-electron chi connectivity index (χ4n) is 1.87. The second-order valence-electron chi connectivity index (χ2n) is 4.90. The molecule has 26 heavy (non-hydrogen) atoms. The zero-order chi connectivity index (χ0) is 19.7. The Hall–Kier alpha value is -2.43. The third-order valence-electron chi connectivity index (χ3n) is 3.00. The number of hydrogen-bond donors (Lipinski definition) is 1. The van der Waals surface area contributed by atoms with Crippen molar-refractivity contribution >= 4 is 28.0 Å². The summed E-state index contributed by atoms with van der Waals surface area (Å²) in [4.78, 5) is 18.2. The minimum absolute atomic E-state index is 0.00568. The first kappa shape index (κ1) is 19.9. The minimum atomic E-state index is -5.00. The number of aromatic nitrogens is 2. The Labute approximate surface area is 150 Å². The topological polar surface area (TPSA) is 63.1 Å². The maximum Gasteiger partial charge on any atom is 0.416 e. The molecule has 0 aliphatic carbocycles. The molecule has 1 heterocycles. The maximum atomic E-state index is 12.9. The molecular weight excluding hydrogens is 434 g/mol. The molecule has 0 saturated heterocycles. The predicted molar refractivity (Wildman–Crippen MR) is 82.0 cm³/mol. The smallest absolute Gasteiger partial charge is 0.416 e. The molecule has 4 nitrogen and oxygen atoms in total. The summed E-state index contributed by atoms with van der Waals surface area (Å²) in [6.07, 6.45) is -7.88. The van der Waals surface area contributed by atoms with Gasteiger partial charge >= 0.3 is 18.3 Å². The van der Waals surface area contributed by atoms with Crippen molar-refractivity contribution in [2.75, 3.05) is 0 Å². The molecule has 0 fully saturated rings. The Bertz CT molecular complexity index is 845. The highest BCUT2D eigenvalue weighted by Crippen LogP contribution is 2.38. The van der Waals surface area contributed by atoms with E-state index in [2.05, 4.69) is 25.9 Å². The van der Waals surface area contributed by atoms with E-state index in [4.69, 9.17) is 5.11 Å². The Morgan fingerprint density at radius 1 is 1.04 bits per heavy atom. The monoisotopic (exact) mass is 440 g/mol. The van der Waals surface area contributed by atoms with E-state index in [0.717, 1.165) is 12.3 Å². The van der Waals surface area contributed by atoms with Gasteiger partial charge < -0.3 is 5.11 Å². The molecule has 0 spiro atoms. The van der Waals surface area contributed by atoms with Gasteiger partial charge in [0.25, 0.3) is 0 Å². The van der Waals surface area contributed by atoms with Crippen molar-refractivity contribution in [3.8, 4) is 11.4 Å². The van der Waals surface area contributed by atoms with Crippen LogP contribution in [0, 0.1) is 0 Å². The first-order chi connectivity index (χ1) is 11.9. The van der Waals surface area contributed by atoms with Gasteiger partial charge in [-0.25, -0.2) is 14.8 Å². The van der Waals surface area contributed by atoms with E-state index in [0.29, 0.717) is 12.1 Å². The zero-order valence-electron chi connectivity index (χ0n) is 12.4. The fourth-order valence-corrected chi connectivity index (χ4v) is 2.10. The van der Waals surface area contributed by atoms with E-state index >= 15 is 0 Å². The number of hydrogen-bond acceptors (Lipinski definition) is 3. The largest absolute Gasteiger partial charge is 0.477 e. The summed E-state index contributed by atoms with van der Waals surface area (Å²) in [6, 6.07) is 2.22. The number of carboxylic acid groups (broad SMARTS) is 1. The van der Waals surface area contributed by atoms with Crippen LogP contribution in [0.25, 0.3) is 17.5 Å². The lowest BCUT2D eigenvalue weighted by atomic mass is 10.0. The molecule has 0 unspecified atom stereocenters. The second kappa shape index (κ2) is 7.06. The van der Waals surface area contributed by atoms with Crippen LogP contribution < -0.4 is 0 Å². The van der Waals surface area contributed by atoms with Crippen LogP contribution >= 0.6 is 15.9 Å². The van der Waals surface area contributed by atoms with Crippen LogP contribution in [0.4, 0.5) is 26.3 Å². The van der Waals surface area contributed by atoms with Crippen molar-refractivity contribution < 1.29 is 36.2 Å². The lowest BCUT2D eigenvalue weighted by Gasteiger charge is -2.13. The lowest BCUT2D eigenvalue weighted by molar-refractivity contribution is -0.143. The quantitative estimate of drug-likeness (QED) is 0.538. The molecule has 2 aromatic rings. The Balaban J connectivity index is 2.61. The zero-order valence-corrected chi connectivity index (χ0v) is 13.9. The summed E-state index contributed by atoms with van der Waals surface area (Å²) in [5, 5.41) is 8.77. The van der Waals surface area contributed by atoms with Crippen LogP contribution in [0.2, 0.25) is 0 Å². The van der Waals surface area contributed by atoms with E-state index in [1.807, 2.05) is 0 Å². The number of carbonyl (C=O) groups is 1. The van der Waals surface area contributed by atoms with E-state index < -0.39 is 40.8 Å². The van der Waals surface area contributed by atoms with E-state index in [9.17, 15) is 31.1 Å². The van der Waals surface area contributed by atoms with Crippen molar-refractivity contribution in [2.24, 2.45) is 0 Å². The van der Waals surface area contributed by atoms with Gasteiger partial charge in [0.15, 0.2) is 5.82 Å². The molecule has 0 saturated carbocycles. The molecule has 138 valence electrons. The van der Waals surface area contributed by atoms with Gasteiger partial charge in [0.05, 0.1) is 16.8 Å². The summed E-state index contributed by atoms with van der Waals surface area (Å²) < 4.78 is 77.1. The number of carboxylic acids is 1. The van der Waals surface area contributed by atoms with Crippen LogP contribution in [0.3, 0.4) is 0 Å². The molecule has 0 aliphatic rings.